The summed E-state index contributed by atoms with van der Waals surface area (Å²) in [4.78, 5) is 0. The van der Waals surface area contributed by atoms with Gasteiger partial charge in [0.1, 0.15) is 0 Å². The average Bonchev–Trinajstić information content (AvgIpc) is 2.76. The molecule has 0 aromatic carbocycles. The standard InChI is InChI=1S/C9H16N4O2S/c10-4-1-9(13-6-5-11-12-13)2-7-16(14,15)8-3-9/h5-6H,1-4,7-8,10H2. The molecule has 1 aliphatic rings. The van der Waals surface area contributed by atoms with Crippen molar-refractivity contribution < 1.29 is 8.42 Å². The summed E-state index contributed by atoms with van der Waals surface area (Å²) in [6.07, 6.45) is 5.30. The van der Waals surface area contributed by atoms with Crippen molar-refractivity contribution in [3.8, 4) is 0 Å². The predicted octanol–water partition coefficient (Wildman–Crippen LogP) is -0.469. The second-order valence-electron chi connectivity index (χ2n) is 4.26. The number of nitrogens with two attached hydrogens (primary N) is 1. The van der Waals surface area contributed by atoms with E-state index in [2.05, 4.69) is 10.3 Å². The molecular weight excluding hydrogens is 228 g/mol. The molecule has 2 N–H and O–H groups in total. The van der Waals surface area contributed by atoms with Crippen molar-refractivity contribution in [3.05, 3.63) is 12.4 Å². The molecule has 0 amide bonds. The molecule has 1 aliphatic heterocycles. The highest BCUT2D eigenvalue weighted by Crippen LogP contribution is 2.33. The van der Waals surface area contributed by atoms with Crippen molar-refractivity contribution in [2.24, 2.45) is 5.73 Å². The third kappa shape index (κ3) is 2.10. The zero-order chi connectivity index (χ0) is 11.6. The van der Waals surface area contributed by atoms with Gasteiger partial charge in [0.05, 0.1) is 23.2 Å². The summed E-state index contributed by atoms with van der Waals surface area (Å²) in [7, 11) is -2.87. The number of hydrogen-bond donors (Lipinski definition) is 1. The maximum Gasteiger partial charge on any atom is 0.150 e. The smallest absolute Gasteiger partial charge is 0.150 e. The monoisotopic (exact) mass is 244 g/mol. The Hall–Kier alpha value is -0.950. The van der Waals surface area contributed by atoms with Crippen LogP contribution in [0.15, 0.2) is 12.4 Å². The topological polar surface area (TPSA) is 90.9 Å². The molecule has 0 unspecified atom stereocenters. The van der Waals surface area contributed by atoms with Gasteiger partial charge in [0, 0.05) is 6.20 Å². The lowest BCUT2D eigenvalue weighted by Crippen LogP contribution is -2.43. The van der Waals surface area contributed by atoms with Gasteiger partial charge in [-0.3, -0.25) is 0 Å². The fraction of sp³-hybridized carbons (Fsp3) is 0.778. The van der Waals surface area contributed by atoms with E-state index in [1.165, 1.54) is 0 Å². The van der Waals surface area contributed by atoms with Gasteiger partial charge in [-0.1, -0.05) is 5.21 Å². The number of sulfone groups is 1. The van der Waals surface area contributed by atoms with Crippen molar-refractivity contribution in [3.63, 3.8) is 0 Å². The number of aromatic nitrogens is 3. The van der Waals surface area contributed by atoms with Crippen molar-refractivity contribution in [2.75, 3.05) is 18.1 Å². The third-order valence-corrected chi connectivity index (χ3v) is 4.93. The molecule has 2 rings (SSSR count). The van der Waals surface area contributed by atoms with Crippen molar-refractivity contribution >= 4 is 9.84 Å². The predicted molar refractivity (Wildman–Crippen MR) is 59.6 cm³/mol. The van der Waals surface area contributed by atoms with Gasteiger partial charge in [0.2, 0.25) is 0 Å². The molecule has 0 bridgehead atoms. The van der Waals surface area contributed by atoms with E-state index in [9.17, 15) is 8.42 Å². The molecule has 1 saturated heterocycles. The lowest BCUT2D eigenvalue weighted by atomic mass is 9.89. The Balaban J connectivity index is 2.25. The Kier molecular flexibility index (Phi) is 2.98. The SMILES string of the molecule is NCCC1(n2ccnn2)CCS(=O)(=O)CC1. The van der Waals surface area contributed by atoms with Gasteiger partial charge in [-0.15, -0.1) is 5.10 Å². The zero-order valence-corrected chi connectivity index (χ0v) is 9.86. The Bertz CT molecular complexity index is 426. The first kappa shape index (κ1) is 11.5. The summed E-state index contributed by atoms with van der Waals surface area (Å²) >= 11 is 0. The van der Waals surface area contributed by atoms with Crippen LogP contribution in [0.2, 0.25) is 0 Å². The second kappa shape index (κ2) is 4.14. The van der Waals surface area contributed by atoms with Crippen LogP contribution in [0.3, 0.4) is 0 Å². The summed E-state index contributed by atoms with van der Waals surface area (Å²) < 4.78 is 24.6. The van der Waals surface area contributed by atoms with Gasteiger partial charge in [0.25, 0.3) is 0 Å². The van der Waals surface area contributed by atoms with Crippen LogP contribution in [0.25, 0.3) is 0 Å². The Morgan fingerprint density at radius 3 is 2.56 bits per heavy atom. The molecule has 7 heteroatoms. The summed E-state index contributed by atoms with van der Waals surface area (Å²) in [5.74, 6) is 0.430. The van der Waals surface area contributed by atoms with E-state index in [-0.39, 0.29) is 17.0 Å². The van der Waals surface area contributed by atoms with Crippen molar-refractivity contribution in [2.45, 2.75) is 24.8 Å². The molecule has 2 heterocycles. The van der Waals surface area contributed by atoms with E-state index in [0.717, 1.165) is 6.42 Å². The van der Waals surface area contributed by atoms with Crippen LogP contribution in [0.5, 0.6) is 0 Å². The van der Waals surface area contributed by atoms with Crippen LogP contribution in [-0.2, 0) is 15.4 Å². The Morgan fingerprint density at radius 2 is 2.06 bits per heavy atom. The molecule has 0 saturated carbocycles. The minimum Gasteiger partial charge on any atom is -0.330 e. The van der Waals surface area contributed by atoms with E-state index in [1.807, 2.05) is 0 Å². The van der Waals surface area contributed by atoms with E-state index >= 15 is 0 Å². The molecule has 90 valence electrons. The number of nitrogens with zero attached hydrogens (tertiary/aromatic N) is 3. The molecular formula is C9H16N4O2S. The highest BCUT2D eigenvalue weighted by atomic mass is 32.2. The normalized spacial score (nSPS) is 23.1. The van der Waals surface area contributed by atoms with Crippen molar-refractivity contribution in [1.29, 1.82) is 0 Å². The Morgan fingerprint density at radius 1 is 1.38 bits per heavy atom. The summed E-state index contributed by atoms with van der Waals surface area (Å²) in [6.45, 7) is 0.528. The van der Waals surface area contributed by atoms with E-state index in [0.29, 0.717) is 19.4 Å². The zero-order valence-electron chi connectivity index (χ0n) is 9.04. The number of rotatable bonds is 3. The fourth-order valence-electron chi connectivity index (χ4n) is 2.24. The molecule has 16 heavy (non-hydrogen) atoms. The van der Waals surface area contributed by atoms with E-state index in [4.69, 9.17) is 5.73 Å². The van der Waals surface area contributed by atoms with Crippen LogP contribution in [0.1, 0.15) is 19.3 Å². The lowest BCUT2D eigenvalue weighted by molar-refractivity contribution is 0.209. The Labute approximate surface area is 94.7 Å². The molecule has 1 aromatic heterocycles. The van der Waals surface area contributed by atoms with Gasteiger partial charge in [-0.25, -0.2) is 13.1 Å². The van der Waals surface area contributed by atoms with Crippen molar-refractivity contribution in [1.82, 2.24) is 15.0 Å². The molecule has 0 spiro atoms. The minimum absolute atomic E-state index is 0.215. The molecule has 0 atom stereocenters. The molecule has 0 radical (unpaired) electrons. The maximum atomic E-state index is 11.4. The fourth-order valence-corrected chi connectivity index (χ4v) is 3.83. The van der Waals surface area contributed by atoms with Crippen LogP contribution < -0.4 is 5.73 Å². The van der Waals surface area contributed by atoms with E-state index in [1.54, 1.807) is 17.1 Å². The van der Waals surface area contributed by atoms with Gasteiger partial charge in [0.15, 0.2) is 9.84 Å². The van der Waals surface area contributed by atoms with Gasteiger partial charge < -0.3 is 5.73 Å². The van der Waals surface area contributed by atoms with Crippen LogP contribution in [0.4, 0.5) is 0 Å². The van der Waals surface area contributed by atoms with Gasteiger partial charge >= 0.3 is 0 Å². The second-order valence-corrected chi connectivity index (χ2v) is 6.57. The third-order valence-electron chi connectivity index (χ3n) is 3.28. The van der Waals surface area contributed by atoms with Crippen LogP contribution in [0, 0.1) is 0 Å². The summed E-state index contributed by atoms with van der Waals surface area (Å²) in [5.41, 5.74) is 5.35. The molecule has 6 nitrogen and oxygen atoms in total. The summed E-state index contributed by atoms with van der Waals surface area (Å²) in [5, 5.41) is 7.78. The first-order valence-electron chi connectivity index (χ1n) is 5.35. The molecule has 0 aliphatic carbocycles. The molecule has 1 aromatic rings. The minimum atomic E-state index is -2.87. The lowest BCUT2D eigenvalue weighted by Gasteiger charge is -2.36. The highest BCUT2D eigenvalue weighted by molar-refractivity contribution is 7.91. The average molecular weight is 244 g/mol. The summed E-state index contributed by atoms with van der Waals surface area (Å²) in [6, 6.07) is 0. The van der Waals surface area contributed by atoms with Crippen LogP contribution in [-0.4, -0.2) is 41.5 Å². The first-order valence-corrected chi connectivity index (χ1v) is 7.17. The van der Waals surface area contributed by atoms with Gasteiger partial charge in [-0.05, 0) is 25.8 Å². The first-order chi connectivity index (χ1) is 7.58. The van der Waals surface area contributed by atoms with Gasteiger partial charge in [-0.2, -0.15) is 0 Å². The maximum absolute atomic E-state index is 11.4. The highest BCUT2D eigenvalue weighted by Gasteiger charge is 2.38. The quantitative estimate of drug-likeness (QED) is 0.776. The van der Waals surface area contributed by atoms with E-state index < -0.39 is 9.84 Å². The molecule has 1 fully saturated rings. The number of hydrogen-bond acceptors (Lipinski definition) is 5. The largest absolute Gasteiger partial charge is 0.330 e. The van der Waals surface area contributed by atoms with Crippen LogP contribution >= 0.6 is 0 Å².